The van der Waals surface area contributed by atoms with Gasteiger partial charge >= 0.3 is 0 Å². The van der Waals surface area contributed by atoms with Crippen molar-refractivity contribution in [3.63, 3.8) is 0 Å². The average Bonchev–Trinajstić information content (AvgIpc) is 4.00. The van der Waals surface area contributed by atoms with Crippen LogP contribution in [-0.4, -0.2) is 107 Å². The first kappa shape index (κ1) is 46.5. The topological polar surface area (TPSA) is 186 Å². The largest absolute Gasteiger partial charge is 0.342 e. The number of carbonyl (C=O) groups is 7. The van der Waals surface area contributed by atoms with Crippen molar-refractivity contribution in [2.75, 3.05) is 13.1 Å². The Kier molecular flexibility index (Phi) is 16.1. The van der Waals surface area contributed by atoms with Gasteiger partial charge in [0.05, 0.1) is 0 Å². The van der Waals surface area contributed by atoms with Crippen molar-refractivity contribution in [1.82, 2.24) is 36.4 Å². The first-order valence-corrected chi connectivity index (χ1v) is 22.6. The van der Waals surface area contributed by atoms with Crippen molar-refractivity contribution in [3.8, 4) is 0 Å². The van der Waals surface area contributed by atoms with Gasteiger partial charge in [-0.1, -0.05) is 132 Å². The quantitative estimate of drug-likeness (QED) is 0.207. The smallest absolute Gasteiger partial charge is 0.246 e. The normalized spacial score (nSPS) is 26.5. The van der Waals surface area contributed by atoms with Crippen molar-refractivity contribution in [2.24, 2.45) is 11.8 Å². The third-order valence-corrected chi connectivity index (χ3v) is 13.0. The number of nitrogens with zero attached hydrogens (tertiary/aromatic N) is 2. The second-order valence-electron chi connectivity index (χ2n) is 17.4. The molecule has 14 nitrogen and oxygen atoms in total. The van der Waals surface area contributed by atoms with E-state index >= 15 is 0 Å². The number of amides is 7. The minimum atomic E-state index is -1.15. The first-order chi connectivity index (χ1) is 30.4. The molecular formula is C49H63N7O7. The van der Waals surface area contributed by atoms with Crippen LogP contribution in [0.25, 0.3) is 0 Å². The number of hydrogen-bond acceptors (Lipinski definition) is 7. The third-order valence-electron chi connectivity index (χ3n) is 13.0. The zero-order valence-electron chi connectivity index (χ0n) is 36.9. The van der Waals surface area contributed by atoms with Crippen LogP contribution in [0.15, 0.2) is 91.0 Å². The zero-order valence-corrected chi connectivity index (χ0v) is 36.9. The second kappa shape index (κ2) is 21.8. The fourth-order valence-electron chi connectivity index (χ4n) is 8.86. The highest BCUT2D eigenvalue weighted by Gasteiger charge is 2.43. The molecule has 0 bridgehead atoms. The van der Waals surface area contributed by atoms with Gasteiger partial charge in [-0.15, -0.1) is 0 Å². The fourth-order valence-corrected chi connectivity index (χ4v) is 8.86. The molecule has 7 amide bonds. The van der Waals surface area contributed by atoms with Gasteiger partial charge in [0.15, 0.2) is 0 Å². The molecule has 3 aromatic carbocycles. The molecule has 63 heavy (non-hydrogen) atoms. The summed E-state index contributed by atoms with van der Waals surface area (Å²) in [7, 11) is 0. The lowest BCUT2D eigenvalue weighted by atomic mass is 9.96. The Morgan fingerprint density at radius 3 is 1.16 bits per heavy atom. The number of nitrogens with one attached hydrogen (secondary N) is 5. The van der Waals surface area contributed by atoms with E-state index in [2.05, 4.69) is 26.6 Å². The van der Waals surface area contributed by atoms with Crippen LogP contribution in [0.1, 0.15) is 82.9 Å². The van der Waals surface area contributed by atoms with Crippen LogP contribution in [0.2, 0.25) is 0 Å². The van der Waals surface area contributed by atoms with Crippen LogP contribution in [0, 0.1) is 11.8 Å². The van der Waals surface area contributed by atoms with Gasteiger partial charge in [0.1, 0.15) is 42.3 Å². The molecule has 0 radical (unpaired) electrons. The molecule has 5 N–H and O–H groups in total. The maximum Gasteiger partial charge on any atom is 0.246 e. The van der Waals surface area contributed by atoms with E-state index in [1.807, 2.05) is 119 Å². The molecule has 6 rings (SSSR count). The average molecular weight is 862 g/mol. The van der Waals surface area contributed by atoms with Gasteiger partial charge in [0, 0.05) is 32.4 Å². The van der Waals surface area contributed by atoms with Gasteiger partial charge in [0.25, 0.3) is 0 Å². The Labute approximate surface area is 370 Å². The number of fused-ring (bicyclic) bond motifs is 2. The summed E-state index contributed by atoms with van der Waals surface area (Å²) in [5.74, 6) is -4.40. The van der Waals surface area contributed by atoms with Gasteiger partial charge in [-0.25, -0.2) is 0 Å². The maximum absolute atomic E-state index is 14.7. The summed E-state index contributed by atoms with van der Waals surface area (Å²) >= 11 is 0. The highest BCUT2D eigenvalue weighted by molar-refractivity contribution is 5.99. The summed E-state index contributed by atoms with van der Waals surface area (Å²) in [6.45, 7) is 8.01. The summed E-state index contributed by atoms with van der Waals surface area (Å²) in [6.07, 6.45) is 3.11. The lowest BCUT2D eigenvalue weighted by Crippen LogP contribution is -2.61. The number of benzene rings is 3. The van der Waals surface area contributed by atoms with Gasteiger partial charge in [-0.2, -0.15) is 0 Å². The van der Waals surface area contributed by atoms with E-state index in [0.29, 0.717) is 38.5 Å². The van der Waals surface area contributed by atoms with E-state index < -0.39 is 83.6 Å². The van der Waals surface area contributed by atoms with E-state index in [4.69, 9.17) is 0 Å². The number of hydrogen-bond donors (Lipinski definition) is 5. The van der Waals surface area contributed by atoms with Gasteiger partial charge in [0.2, 0.25) is 41.4 Å². The van der Waals surface area contributed by atoms with E-state index in [0.717, 1.165) is 16.7 Å². The highest BCUT2D eigenvalue weighted by atomic mass is 16.2. The third kappa shape index (κ3) is 11.7. The van der Waals surface area contributed by atoms with E-state index in [1.165, 1.54) is 9.80 Å². The van der Waals surface area contributed by atoms with Gasteiger partial charge < -0.3 is 36.4 Å². The lowest BCUT2D eigenvalue weighted by Gasteiger charge is -2.33. The molecule has 14 heteroatoms. The Hall–Kier alpha value is -6.05. The molecule has 3 aromatic rings. The summed E-state index contributed by atoms with van der Waals surface area (Å²) in [6, 6.07) is 20.4. The molecule has 3 aliphatic rings. The van der Waals surface area contributed by atoms with Crippen molar-refractivity contribution in [2.45, 2.75) is 128 Å². The molecule has 0 aromatic heterocycles. The summed E-state index contributed by atoms with van der Waals surface area (Å²) in [5, 5.41) is 14.8. The van der Waals surface area contributed by atoms with Crippen molar-refractivity contribution < 1.29 is 33.6 Å². The number of rotatable bonds is 10. The van der Waals surface area contributed by atoms with Crippen LogP contribution in [0.4, 0.5) is 0 Å². The molecule has 0 saturated carbocycles. The minimum absolute atomic E-state index is 0.0896. The Morgan fingerprint density at radius 2 is 0.794 bits per heavy atom. The Balaban J connectivity index is 1.42. The monoisotopic (exact) mass is 861 g/mol. The molecule has 2 unspecified atom stereocenters. The first-order valence-electron chi connectivity index (χ1n) is 22.6. The summed E-state index contributed by atoms with van der Waals surface area (Å²) < 4.78 is 0. The van der Waals surface area contributed by atoms with Crippen LogP contribution in [0.5, 0.6) is 0 Å². The molecular weight excluding hydrogens is 799 g/mol. The molecule has 3 fully saturated rings. The second-order valence-corrected chi connectivity index (χ2v) is 17.4. The Bertz CT molecular complexity index is 2070. The summed E-state index contributed by atoms with van der Waals surface area (Å²) in [4.78, 5) is 104. The summed E-state index contributed by atoms with van der Waals surface area (Å²) in [5.41, 5.74) is 2.33. The minimum Gasteiger partial charge on any atom is -0.342 e. The predicted octanol–water partition coefficient (Wildman–Crippen LogP) is 3.23. The highest BCUT2D eigenvalue weighted by Crippen LogP contribution is 2.24. The van der Waals surface area contributed by atoms with E-state index in [9.17, 15) is 33.6 Å². The predicted molar refractivity (Wildman–Crippen MR) is 238 cm³/mol. The van der Waals surface area contributed by atoms with Crippen molar-refractivity contribution >= 4 is 41.4 Å². The molecule has 3 saturated heterocycles. The molecule has 0 aliphatic carbocycles. The van der Waals surface area contributed by atoms with Crippen LogP contribution < -0.4 is 26.6 Å². The molecule has 3 aliphatic heterocycles. The lowest BCUT2D eigenvalue weighted by molar-refractivity contribution is -0.143. The standard InChI is InChI=1S/C49H63N7O7/c1-5-31(3)41-46(60)50-36(28-33-18-10-7-11-19-33)43(57)51-37(29-34-20-12-8-13-21-34)48(62)55-26-16-24-39(55)45(59)54-42(32(4)6-2)47(61)52-38(30-35-22-14-9-15-23-35)49(63)56-27-17-25-40(56)44(58)53-41/h7-15,18-23,31-32,36-42H,5-6,16-17,24-30H2,1-4H3,(H,50,60)(H,51,57)(H,52,61)(H,53,58)(H,54,59)/t31?,32?,36-,37-,38-,39-,40-,41-,42-/m0/s1. The van der Waals surface area contributed by atoms with Crippen LogP contribution >= 0.6 is 0 Å². The molecule has 0 spiro atoms. The van der Waals surface area contributed by atoms with Crippen molar-refractivity contribution in [3.05, 3.63) is 108 Å². The molecule has 3 heterocycles. The molecule has 336 valence electrons. The number of carbonyl (C=O) groups excluding carboxylic acids is 7. The molecule has 9 atom stereocenters. The fraction of sp³-hybridized carbons (Fsp3) is 0.490. The maximum atomic E-state index is 14.7. The van der Waals surface area contributed by atoms with E-state index in [1.54, 1.807) is 0 Å². The van der Waals surface area contributed by atoms with Gasteiger partial charge in [-0.3, -0.25) is 33.6 Å². The zero-order chi connectivity index (χ0) is 45.0. The SMILES string of the molecule is CCC(C)[C@@H]1NC(=O)[C@@H]2CCCN2C(=O)[C@H](Cc2ccccc2)NC(=O)[C@H](Cc2ccccc2)NC(=O)[C@H](C(C)CC)NC(=O)[C@@H]2CCCN2C(=O)[C@H](Cc2ccccc2)NC1=O. The van der Waals surface area contributed by atoms with Crippen LogP contribution in [-0.2, 0) is 52.8 Å². The van der Waals surface area contributed by atoms with E-state index in [-0.39, 0.29) is 44.2 Å². The Morgan fingerprint density at radius 1 is 0.460 bits per heavy atom. The van der Waals surface area contributed by atoms with Crippen LogP contribution in [0.3, 0.4) is 0 Å². The van der Waals surface area contributed by atoms with Gasteiger partial charge in [-0.05, 0) is 54.2 Å². The van der Waals surface area contributed by atoms with Crippen molar-refractivity contribution in [1.29, 1.82) is 0 Å².